The lowest BCUT2D eigenvalue weighted by Gasteiger charge is -2.34. The van der Waals surface area contributed by atoms with Crippen LogP contribution in [0.25, 0.3) is 0 Å². The summed E-state index contributed by atoms with van der Waals surface area (Å²) in [4.78, 5) is 27.7. The average Bonchev–Trinajstić information content (AvgIpc) is 2.50. The average molecular weight is 298 g/mol. The van der Waals surface area contributed by atoms with Crippen LogP contribution in [0.3, 0.4) is 0 Å². The fraction of sp³-hybridized carbons (Fsp3) is 0.867. The predicted molar refractivity (Wildman–Crippen MR) is 83.8 cm³/mol. The van der Waals surface area contributed by atoms with Gasteiger partial charge in [-0.25, -0.2) is 0 Å². The quantitative estimate of drug-likeness (QED) is 0.663. The summed E-state index contributed by atoms with van der Waals surface area (Å²) in [5.41, 5.74) is 5.57. The first-order chi connectivity index (χ1) is 10.1. The van der Waals surface area contributed by atoms with Gasteiger partial charge in [-0.2, -0.15) is 0 Å². The number of piperazine rings is 1. The van der Waals surface area contributed by atoms with E-state index in [4.69, 9.17) is 5.73 Å². The second kappa shape index (κ2) is 9.73. The highest BCUT2D eigenvalue weighted by Crippen LogP contribution is 2.09. The first-order valence-corrected chi connectivity index (χ1v) is 8.03. The fourth-order valence-electron chi connectivity index (χ4n) is 2.32. The monoisotopic (exact) mass is 298 g/mol. The lowest BCUT2D eigenvalue weighted by molar-refractivity contribution is -0.133. The smallest absolute Gasteiger partial charge is 0.234 e. The van der Waals surface area contributed by atoms with Crippen molar-refractivity contribution in [3.63, 3.8) is 0 Å². The van der Waals surface area contributed by atoms with Gasteiger partial charge in [0.15, 0.2) is 0 Å². The van der Waals surface area contributed by atoms with E-state index in [1.54, 1.807) is 0 Å². The summed E-state index contributed by atoms with van der Waals surface area (Å²) in [7, 11) is 0. The molecule has 0 aromatic rings. The van der Waals surface area contributed by atoms with Crippen LogP contribution in [0.5, 0.6) is 0 Å². The number of rotatable bonds is 8. The summed E-state index contributed by atoms with van der Waals surface area (Å²) in [6, 6.07) is 0. The van der Waals surface area contributed by atoms with Gasteiger partial charge in [0.2, 0.25) is 11.8 Å². The van der Waals surface area contributed by atoms with Crippen molar-refractivity contribution in [3.05, 3.63) is 0 Å². The Balaban J connectivity index is 2.22. The lowest BCUT2D eigenvalue weighted by atomic mass is 10.1. The maximum Gasteiger partial charge on any atom is 0.234 e. The zero-order valence-corrected chi connectivity index (χ0v) is 13.4. The molecule has 1 heterocycles. The van der Waals surface area contributed by atoms with E-state index in [0.717, 1.165) is 45.6 Å². The molecular formula is C15H30N4O2. The van der Waals surface area contributed by atoms with Gasteiger partial charge in [-0.1, -0.05) is 13.8 Å². The third-order valence-corrected chi connectivity index (χ3v) is 3.92. The number of hydrogen-bond acceptors (Lipinski definition) is 4. The molecule has 6 heteroatoms. The molecule has 3 N–H and O–H groups in total. The van der Waals surface area contributed by atoms with Crippen LogP contribution in [-0.4, -0.2) is 67.4 Å². The molecule has 0 aromatic carbocycles. The predicted octanol–water partition coefficient (Wildman–Crippen LogP) is 0.0318. The summed E-state index contributed by atoms with van der Waals surface area (Å²) >= 11 is 0. The maximum atomic E-state index is 12.1. The molecule has 0 bridgehead atoms. The van der Waals surface area contributed by atoms with E-state index in [1.165, 1.54) is 0 Å². The van der Waals surface area contributed by atoms with E-state index in [0.29, 0.717) is 25.4 Å². The Hall–Kier alpha value is -1.14. The van der Waals surface area contributed by atoms with Crippen LogP contribution in [0.4, 0.5) is 0 Å². The van der Waals surface area contributed by atoms with Crippen molar-refractivity contribution < 1.29 is 9.59 Å². The van der Waals surface area contributed by atoms with Gasteiger partial charge in [0.1, 0.15) is 0 Å². The van der Waals surface area contributed by atoms with Crippen LogP contribution in [0.15, 0.2) is 0 Å². The summed E-state index contributed by atoms with van der Waals surface area (Å²) in [5.74, 6) is 0.691. The van der Waals surface area contributed by atoms with Crippen LogP contribution in [0.1, 0.15) is 33.1 Å². The molecule has 0 aromatic heterocycles. The first-order valence-electron chi connectivity index (χ1n) is 8.03. The minimum absolute atomic E-state index is 0.0772. The highest BCUT2D eigenvalue weighted by Gasteiger charge is 2.22. The first kappa shape index (κ1) is 17.9. The molecule has 21 heavy (non-hydrogen) atoms. The number of nitrogens with two attached hydrogens (primary N) is 1. The topological polar surface area (TPSA) is 78.7 Å². The molecule has 1 unspecified atom stereocenters. The van der Waals surface area contributed by atoms with Crippen molar-refractivity contribution in [2.24, 2.45) is 11.7 Å². The summed E-state index contributed by atoms with van der Waals surface area (Å²) in [6.45, 7) is 8.90. The zero-order valence-electron chi connectivity index (χ0n) is 13.4. The Morgan fingerprint density at radius 2 is 1.90 bits per heavy atom. The zero-order chi connectivity index (χ0) is 15.7. The van der Waals surface area contributed by atoms with E-state index < -0.39 is 0 Å². The van der Waals surface area contributed by atoms with Crippen molar-refractivity contribution in [1.29, 1.82) is 0 Å². The van der Waals surface area contributed by atoms with Gasteiger partial charge in [-0.15, -0.1) is 0 Å². The molecule has 122 valence electrons. The van der Waals surface area contributed by atoms with Crippen molar-refractivity contribution in [3.8, 4) is 0 Å². The molecule has 1 rings (SSSR count). The SMILES string of the molecule is CCCNC(=O)CN1CCN(C(=O)CCC(C)CN)CC1. The van der Waals surface area contributed by atoms with Gasteiger partial charge in [0, 0.05) is 39.1 Å². The van der Waals surface area contributed by atoms with E-state index in [1.807, 2.05) is 11.8 Å². The molecule has 0 aliphatic carbocycles. The van der Waals surface area contributed by atoms with Crippen molar-refractivity contribution in [2.45, 2.75) is 33.1 Å². The third-order valence-electron chi connectivity index (χ3n) is 3.92. The van der Waals surface area contributed by atoms with E-state index in [9.17, 15) is 9.59 Å². The van der Waals surface area contributed by atoms with Crippen molar-refractivity contribution >= 4 is 11.8 Å². The number of nitrogens with one attached hydrogen (secondary N) is 1. The third kappa shape index (κ3) is 6.91. The van der Waals surface area contributed by atoms with Gasteiger partial charge in [0.25, 0.3) is 0 Å². The number of carbonyl (C=O) groups is 2. The number of hydrogen-bond donors (Lipinski definition) is 2. The largest absolute Gasteiger partial charge is 0.355 e. The number of nitrogens with zero attached hydrogens (tertiary/aromatic N) is 2. The van der Waals surface area contributed by atoms with Gasteiger partial charge >= 0.3 is 0 Å². The Morgan fingerprint density at radius 1 is 1.24 bits per heavy atom. The standard InChI is InChI=1S/C15H30N4O2/c1-3-6-17-14(20)12-18-7-9-19(10-8-18)15(21)5-4-13(2)11-16/h13H,3-12,16H2,1-2H3,(H,17,20). The van der Waals surface area contributed by atoms with Gasteiger partial charge in [-0.3, -0.25) is 14.5 Å². The van der Waals surface area contributed by atoms with Gasteiger partial charge in [0.05, 0.1) is 6.54 Å². The molecule has 0 radical (unpaired) electrons. The molecule has 0 saturated carbocycles. The van der Waals surface area contributed by atoms with Gasteiger partial charge in [-0.05, 0) is 25.3 Å². The molecule has 1 fully saturated rings. The lowest BCUT2D eigenvalue weighted by Crippen LogP contribution is -2.51. The molecule has 1 aliphatic rings. The summed E-state index contributed by atoms with van der Waals surface area (Å²) in [5, 5.41) is 2.88. The molecule has 1 atom stereocenters. The number of amides is 2. The second-order valence-electron chi connectivity index (χ2n) is 5.89. The van der Waals surface area contributed by atoms with E-state index in [2.05, 4.69) is 17.1 Å². The minimum Gasteiger partial charge on any atom is -0.355 e. The van der Waals surface area contributed by atoms with Gasteiger partial charge < -0.3 is 16.0 Å². The Morgan fingerprint density at radius 3 is 2.48 bits per heavy atom. The van der Waals surface area contributed by atoms with Crippen molar-refractivity contribution in [2.75, 3.05) is 45.8 Å². The van der Waals surface area contributed by atoms with Crippen LogP contribution >= 0.6 is 0 Å². The molecule has 2 amide bonds. The Labute approximate surface area is 128 Å². The van der Waals surface area contributed by atoms with Crippen LogP contribution < -0.4 is 11.1 Å². The van der Waals surface area contributed by atoms with Crippen LogP contribution in [-0.2, 0) is 9.59 Å². The molecule has 1 saturated heterocycles. The molecular weight excluding hydrogens is 268 g/mol. The summed E-state index contributed by atoms with van der Waals surface area (Å²) in [6.07, 6.45) is 2.39. The second-order valence-corrected chi connectivity index (χ2v) is 5.89. The Bertz CT molecular complexity index is 328. The minimum atomic E-state index is 0.0772. The van der Waals surface area contributed by atoms with Crippen LogP contribution in [0, 0.1) is 5.92 Å². The molecule has 1 aliphatic heterocycles. The molecule has 6 nitrogen and oxygen atoms in total. The van der Waals surface area contributed by atoms with E-state index in [-0.39, 0.29) is 11.8 Å². The summed E-state index contributed by atoms with van der Waals surface area (Å²) < 4.78 is 0. The fourth-order valence-corrected chi connectivity index (χ4v) is 2.32. The van der Waals surface area contributed by atoms with E-state index >= 15 is 0 Å². The maximum absolute atomic E-state index is 12.1. The highest BCUT2D eigenvalue weighted by atomic mass is 16.2. The number of carbonyl (C=O) groups excluding carboxylic acids is 2. The highest BCUT2D eigenvalue weighted by molar-refractivity contribution is 5.78. The van der Waals surface area contributed by atoms with Crippen LogP contribution in [0.2, 0.25) is 0 Å². The normalized spacial score (nSPS) is 17.6. The molecule has 0 spiro atoms. The van der Waals surface area contributed by atoms with Crippen molar-refractivity contribution in [1.82, 2.24) is 15.1 Å². The Kier molecular flexibility index (Phi) is 8.30.